The fourth-order valence-corrected chi connectivity index (χ4v) is 3.60. The first-order valence-electron chi connectivity index (χ1n) is 4.97. The van der Waals surface area contributed by atoms with Gasteiger partial charge in [0.05, 0.1) is 4.91 Å². The Balaban J connectivity index is 2.82. The minimum atomic E-state index is -3.94. The van der Waals surface area contributed by atoms with E-state index in [1.807, 2.05) is 0 Å². The van der Waals surface area contributed by atoms with Gasteiger partial charge in [0.1, 0.15) is 10.6 Å². The van der Waals surface area contributed by atoms with E-state index >= 15 is 0 Å². The van der Waals surface area contributed by atoms with Crippen LogP contribution in [-0.2, 0) is 14.6 Å². The smallest absolute Gasteiger partial charge is 0.337 e. The number of allylic oxidation sites excluding steroid dienone is 1. The van der Waals surface area contributed by atoms with Gasteiger partial charge in [-0.2, -0.15) is 0 Å². The molecule has 1 unspecified atom stereocenters. The third-order valence-electron chi connectivity index (χ3n) is 2.84. The molecule has 2 rings (SSSR count). The minimum absolute atomic E-state index is 0.0300. The Hall–Kier alpha value is -1.86. The Kier molecular flexibility index (Phi) is 2.67. The fraction of sp³-hybridized carbons (Fsp3) is 0.182. The van der Waals surface area contributed by atoms with Crippen molar-refractivity contribution in [2.45, 2.75) is 17.9 Å². The zero-order valence-electron chi connectivity index (χ0n) is 9.28. The maximum absolute atomic E-state index is 12.0. The van der Waals surface area contributed by atoms with E-state index in [4.69, 9.17) is 5.11 Å². The number of sulfone groups is 1. The lowest BCUT2D eigenvalue weighted by molar-refractivity contribution is -0.143. The first-order valence-corrected chi connectivity index (χ1v) is 6.46. The normalized spacial score (nSPS) is 18.6. The van der Waals surface area contributed by atoms with Crippen molar-refractivity contribution >= 4 is 21.4 Å². The second kappa shape index (κ2) is 3.82. The van der Waals surface area contributed by atoms with Gasteiger partial charge in [-0.05, 0) is 13.0 Å². The molecule has 0 amide bonds. The van der Waals surface area contributed by atoms with Crippen LogP contribution in [0.4, 0.5) is 0 Å². The molecular formula is C11H10O6S. The maximum Gasteiger partial charge on any atom is 0.337 e. The minimum Gasteiger partial charge on any atom is -0.507 e. The monoisotopic (exact) mass is 270 g/mol. The predicted octanol–water partition coefficient (Wildman–Crippen LogP) is 0.356. The summed E-state index contributed by atoms with van der Waals surface area (Å²) in [7, 11) is -3.94. The quantitative estimate of drug-likeness (QED) is 0.715. The van der Waals surface area contributed by atoms with Crippen LogP contribution in [-0.4, -0.2) is 35.8 Å². The standard InChI is InChI=1S/C11H10O6S/c1-5-8(9(13)11(14)15)6-3-2-4-7(12)10(6)18(5,16)17/h2-4,9,12-13H,1H3,(H,14,15). The lowest BCUT2D eigenvalue weighted by atomic mass is 10.0. The van der Waals surface area contributed by atoms with E-state index in [0.717, 1.165) is 0 Å². The summed E-state index contributed by atoms with van der Waals surface area (Å²) in [5.74, 6) is -2.00. The van der Waals surface area contributed by atoms with Gasteiger partial charge >= 0.3 is 5.97 Å². The summed E-state index contributed by atoms with van der Waals surface area (Å²) in [6, 6.07) is 3.93. The Morgan fingerprint density at radius 3 is 2.50 bits per heavy atom. The summed E-state index contributed by atoms with van der Waals surface area (Å²) in [5, 5.41) is 27.9. The van der Waals surface area contributed by atoms with Crippen LogP contribution in [0.15, 0.2) is 28.0 Å². The van der Waals surface area contributed by atoms with Crippen molar-refractivity contribution in [3.63, 3.8) is 0 Å². The number of benzene rings is 1. The molecule has 0 radical (unpaired) electrons. The number of aliphatic hydroxyl groups excluding tert-OH is 1. The average Bonchev–Trinajstić information content (AvgIpc) is 2.47. The second-order valence-corrected chi connectivity index (χ2v) is 5.90. The van der Waals surface area contributed by atoms with E-state index in [1.54, 1.807) is 0 Å². The van der Waals surface area contributed by atoms with Crippen molar-refractivity contribution in [2.75, 3.05) is 0 Å². The molecule has 0 fully saturated rings. The molecule has 3 N–H and O–H groups in total. The molecule has 96 valence electrons. The lowest BCUT2D eigenvalue weighted by Crippen LogP contribution is -2.21. The summed E-state index contributed by atoms with van der Waals surface area (Å²) in [5.41, 5.74) is -0.171. The molecule has 1 aliphatic rings. The summed E-state index contributed by atoms with van der Waals surface area (Å²) < 4.78 is 24.0. The van der Waals surface area contributed by atoms with Gasteiger partial charge in [0.2, 0.25) is 9.84 Å². The highest BCUT2D eigenvalue weighted by atomic mass is 32.2. The van der Waals surface area contributed by atoms with Crippen molar-refractivity contribution in [1.82, 2.24) is 0 Å². The molecule has 6 nitrogen and oxygen atoms in total. The first-order chi connectivity index (χ1) is 8.28. The van der Waals surface area contributed by atoms with Crippen molar-refractivity contribution in [3.8, 4) is 5.75 Å². The maximum atomic E-state index is 12.0. The van der Waals surface area contributed by atoms with Crippen LogP contribution in [0.2, 0.25) is 0 Å². The van der Waals surface area contributed by atoms with Gasteiger partial charge in [0, 0.05) is 11.1 Å². The molecular weight excluding hydrogens is 260 g/mol. The van der Waals surface area contributed by atoms with E-state index in [2.05, 4.69) is 0 Å². The zero-order valence-corrected chi connectivity index (χ0v) is 10.1. The number of carboxylic acid groups (broad SMARTS) is 1. The largest absolute Gasteiger partial charge is 0.507 e. The zero-order chi connectivity index (χ0) is 13.7. The highest BCUT2D eigenvalue weighted by molar-refractivity contribution is 7.96. The predicted molar refractivity (Wildman–Crippen MR) is 61.5 cm³/mol. The molecule has 1 aromatic carbocycles. The number of aliphatic hydroxyl groups is 1. The number of phenolic OH excluding ortho intramolecular Hbond substituents is 1. The highest BCUT2D eigenvalue weighted by Crippen LogP contribution is 2.44. The topological polar surface area (TPSA) is 112 Å². The summed E-state index contributed by atoms with van der Waals surface area (Å²) >= 11 is 0. The number of hydrogen-bond acceptors (Lipinski definition) is 5. The summed E-state index contributed by atoms with van der Waals surface area (Å²) in [6.07, 6.45) is -1.94. The Bertz CT molecular complexity index is 671. The number of carboxylic acids is 1. The number of phenols is 1. The molecule has 18 heavy (non-hydrogen) atoms. The third-order valence-corrected chi connectivity index (χ3v) is 4.84. The SMILES string of the molecule is CC1=C(C(O)C(=O)O)c2cccc(O)c2S1(=O)=O. The van der Waals surface area contributed by atoms with Gasteiger partial charge in [0.15, 0.2) is 6.10 Å². The van der Waals surface area contributed by atoms with Crippen molar-refractivity contribution in [2.24, 2.45) is 0 Å². The van der Waals surface area contributed by atoms with Crippen molar-refractivity contribution < 1.29 is 28.5 Å². The Labute approximate surface area is 103 Å². The van der Waals surface area contributed by atoms with E-state index in [9.17, 15) is 23.4 Å². The lowest BCUT2D eigenvalue weighted by Gasteiger charge is -2.08. The van der Waals surface area contributed by atoms with E-state index in [0.29, 0.717) is 0 Å². The van der Waals surface area contributed by atoms with Crippen molar-refractivity contribution in [1.29, 1.82) is 0 Å². The van der Waals surface area contributed by atoms with E-state index in [1.165, 1.54) is 25.1 Å². The number of rotatable bonds is 2. The van der Waals surface area contributed by atoms with Crippen LogP contribution >= 0.6 is 0 Å². The van der Waals surface area contributed by atoms with Gasteiger partial charge in [-0.15, -0.1) is 0 Å². The van der Waals surface area contributed by atoms with E-state index in [-0.39, 0.29) is 20.9 Å². The van der Waals surface area contributed by atoms with Gasteiger partial charge in [-0.3, -0.25) is 0 Å². The summed E-state index contributed by atoms with van der Waals surface area (Å²) in [6.45, 7) is 1.20. The summed E-state index contributed by atoms with van der Waals surface area (Å²) in [4.78, 5) is 10.2. The van der Waals surface area contributed by atoms with Crippen LogP contribution in [0.5, 0.6) is 5.75 Å². The molecule has 0 bridgehead atoms. The highest BCUT2D eigenvalue weighted by Gasteiger charge is 2.39. The van der Waals surface area contributed by atoms with Crippen LogP contribution in [0.1, 0.15) is 12.5 Å². The Morgan fingerprint density at radius 1 is 1.33 bits per heavy atom. The van der Waals surface area contributed by atoms with Crippen LogP contribution < -0.4 is 0 Å². The fourth-order valence-electron chi connectivity index (χ4n) is 1.97. The van der Waals surface area contributed by atoms with Crippen LogP contribution in [0, 0.1) is 0 Å². The number of fused-ring (bicyclic) bond motifs is 1. The van der Waals surface area contributed by atoms with Crippen LogP contribution in [0.3, 0.4) is 0 Å². The second-order valence-electron chi connectivity index (χ2n) is 3.87. The molecule has 0 aliphatic carbocycles. The molecule has 7 heteroatoms. The van der Waals surface area contributed by atoms with Gasteiger partial charge < -0.3 is 15.3 Å². The molecule has 0 saturated heterocycles. The molecule has 0 aromatic heterocycles. The molecule has 1 aliphatic heterocycles. The molecule has 0 spiro atoms. The molecule has 1 heterocycles. The first kappa shape index (κ1) is 12.6. The number of hydrogen-bond donors (Lipinski definition) is 3. The van der Waals surface area contributed by atoms with Gasteiger partial charge in [-0.25, -0.2) is 13.2 Å². The van der Waals surface area contributed by atoms with E-state index < -0.39 is 27.7 Å². The third kappa shape index (κ3) is 1.52. The average molecular weight is 270 g/mol. The Morgan fingerprint density at radius 2 is 1.94 bits per heavy atom. The van der Waals surface area contributed by atoms with Crippen LogP contribution in [0.25, 0.3) is 5.57 Å². The molecule has 1 aromatic rings. The number of aromatic hydroxyl groups is 1. The van der Waals surface area contributed by atoms with Gasteiger partial charge in [-0.1, -0.05) is 12.1 Å². The molecule has 1 atom stereocenters. The molecule has 0 saturated carbocycles. The van der Waals surface area contributed by atoms with Crippen molar-refractivity contribution in [3.05, 3.63) is 28.7 Å². The van der Waals surface area contributed by atoms with Gasteiger partial charge in [0.25, 0.3) is 0 Å². The number of aliphatic carboxylic acids is 1. The number of carbonyl (C=O) groups is 1.